The molecule has 0 radical (unpaired) electrons. The average molecular weight is 428 g/mol. The van der Waals surface area contributed by atoms with E-state index in [1.54, 1.807) is 35.0 Å². The van der Waals surface area contributed by atoms with Crippen LogP contribution in [0.2, 0.25) is 0 Å². The molecule has 0 fully saturated rings. The van der Waals surface area contributed by atoms with Crippen molar-refractivity contribution in [1.82, 2.24) is 25.3 Å². The highest BCUT2D eigenvalue weighted by Crippen LogP contribution is 2.25. The zero-order valence-electron chi connectivity index (χ0n) is 18.1. The molecule has 8 nitrogen and oxygen atoms in total. The number of nitrogens with one attached hydrogen (secondary N) is 3. The van der Waals surface area contributed by atoms with Gasteiger partial charge in [0.25, 0.3) is 11.8 Å². The maximum absolute atomic E-state index is 13.0. The van der Waals surface area contributed by atoms with E-state index in [0.717, 1.165) is 17.0 Å². The van der Waals surface area contributed by atoms with Gasteiger partial charge in [0.15, 0.2) is 0 Å². The van der Waals surface area contributed by atoms with Crippen molar-refractivity contribution < 1.29 is 9.59 Å². The SMILES string of the molecule is Cc1nn(C)c(C)c1-c1cc(C(=O)NC(C(=O)Nc2ccccc2)c2ccccc2)[nH]n1. The number of carbonyl (C=O) groups excluding carboxylic acids is 2. The molecule has 0 spiro atoms. The van der Waals surface area contributed by atoms with Gasteiger partial charge in [-0.2, -0.15) is 10.2 Å². The fourth-order valence-corrected chi connectivity index (χ4v) is 3.60. The van der Waals surface area contributed by atoms with E-state index in [1.807, 2.05) is 57.3 Å². The van der Waals surface area contributed by atoms with Gasteiger partial charge in [0, 0.05) is 24.0 Å². The van der Waals surface area contributed by atoms with Crippen LogP contribution in [-0.2, 0) is 11.8 Å². The molecule has 0 saturated carbocycles. The van der Waals surface area contributed by atoms with E-state index in [2.05, 4.69) is 25.9 Å². The molecule has 2 aromatic carbocycles. The van der Waals surface area contributed by atoms with Gasteiger partial charge in [-0.05, 0) is 37.6 Å². The van der Waals surface area contributed by atoms with Crippen LogP contribution in [0.15, 0.2) is 66.7 Å². The molecule has 1 atom stereocenters. The van der Waals surface area contributed by atoms with E-state index in [1.165, 1.54) is 0 Å². The summed E-state index contributed by atoms with van der Waals surface area (Å²) < 4.78 is 1.78. The van der Waals surface area contributed by atoms with Crippen LogP contribution in [0.1, 0.15) is 33.5 Å². The number of aryl methyl sites for hydroxylation is 2. The molecule has 0 bridgehead atoms. The van der Waals surface area contributed by atoms with E-state index in [0.29, 0.717) is 16.9 Å². The van der Waals surface area contributed by atoms with Crippen LogP contribution in [0.3, 0.4) is 0 Å². The van der Waals surface area contributed by atoms with Gasteiger partial charge in [-0.15, -0.1) is 0 Å². The summed E-state index contributed by atoms with van der Waals surface area (Å²) in [5, 5.41) is 17.2. The lowest BCUT2D eigenvalue weighted by molar-refractivity contribution is -0.118. The molecule has 8 heteroatoms. The minimum atomic E-state index is -0.877. The minimum absolute atomic E-state index is 0.260. The lowest BCUT2D eigenvalue weighted by Crippen LogP contribution is -2.37. The molecule has 0 aliphatic rings. The molecular weight excluding hydrogens is 404 g/mol. The smallest absolute Gasteiger partial charge is 0.270 e. The van der Waals surface area contributed by atoms with Crippen molar-refractivity contribution in [3.63, 3.8) is 0 Å². The number of aromatic nitrogens is 4. The zero-order valence-corrected chi connectivity index (χ0v) is 18.1. The molecule has 2 aromatic heterocycles. The number of amides is 2. The summed E-state index contributed by atoms with van der Waals surface area (Å²) in [6, 6.07) is 19.0. The minimum Gasteiger partial charge on any atom is -0.335 e. The quantitative estimate of drug-likeness (QED) is 0.437. The number of rotatable bonds is 6. The van der Waals surface area contributed by atoms with Crippen LogP contribution in [0.5, 0.6) is 0 Å². The van der Waals surface area contributed by atoms with E-state index >= 15 is 0 Å². The first-order valence-electron chi connectivity index (χ1n) is 10.2. The highest BCUT2D eigenvalue weighted by molar-refractivity contribution is 6.01. The number of hydrogen-bond acceptors (Lipinski definition) is 4. The maximum Gasteiger partial charge on any atom is 0.270 e. The molecular formula is C24H24N6O2. The van der Waals surface area contributed by atoms with Crippen molar-refractivity contribution in [2.75, 3.05) is 5.32 Å². The van der Waals surface area contributed by atoms with Gasteiger partial charge in [-0.25, -0.2) is 0 Å². The van der Waals surface area contributed by atoms with Crippen LogP contribution in [0.25, 0.3) is 11.3 Å². The molecule has 0 aliphatic carbocycles. The number of benzene rings is 2. The summed E-state index contributed by atoms with van der Waals surface area (Å²) >= 11 is 0. The van der Waals surface area contributed by atoms with Crippen molar-refractivity contribution in [1.29, 1.82) is 0 Å². The van der Waals surface area contributed by atoms with E-state index in [-0.39, 0.29) is 11.6 Å². The molecule has 162 valence electrons. The predicted octanol–water partition coefficient (Wildman–Crippen LogP) is 3.54. The largest absolute Gasteiger partial charge is 0.335 e. The van der Waals surface area contributed by atoms with Gasteiger partial charge >= 0.3 is 0 Å². The fraction of sp³-hybridized carbons (Fsp3) is 0.167. The number of H-pyrrole nitrogens is 1. The first-order chi connectivity index (χ1) is 15.4. The lowest BCUT2D eigenvalue weighted by atomic mass is 10.1. The lowest BCUT2D eigenvalue weighted by Gasteiger charge is -2.18. The third-order valence-electron chi connectivity index (χ3n) is 5.30. The van der Waals surface area contributed by atoms with Gasteiger partial charge < -0.3 is 10.6 Å². The summed E-state index contributed by atoms with van der Waals surface area (Å²) in [6.07, 6.45) is 0. The Morgan fingerprint density at radius 3 is 2.28 bits per heavy atom. The highest BCUT2D eigenvalue weighted by Gasteiger charge is 2.25. The normalized spacial score (nSPS) is 11.7. The zero-order chi connectivity index (χ0) is 22.7. The topological polar surface area (TPSA) is 105 Å². The average Bonchev–Trinajstić information content (AvgIpc) is 3.37. The van der Waals surface area contributed by atoms with Crippen molar-refractivity contribution in [3.8, 4) is 11.3 Å². The maximum atomic E-state index is 13.0. The van der Waals surface area contributed by atoms with Crippen LogP contribution in [-0.4, -0.2) is 31.8 Å². The van der Waals surface area contributed by atoms with Gasteiger partial charge in [0.2, 0.25) is 0 Å². The number of nitrogens with zero attached hydrogens (tertiary/aromatic N) is 3. The Balaban J connectivity index is 1.58. The third kappa shape index (κ3) is 4.29. The van der Waals surface area contributed by atoms with Crippen molar-refractivity contribution in [2.24, 2.45) is 7.05 Å². The molecule has 2 amide bonds. The molecule has 0 aliphatic heterocycles. The Kier molecular flexibility index (Phi) is 5.85. The highest BCUT2D eigenvalue weighted by atomic mass is 16.2. The summed E-state index contributed by atoms with van der Waals surface area (Å²) in [7, 11) is 1.86. The monoisotopic (exact) mass is 428 g/mol. The number of anilines is 1. The summed E-state index contributed by atoms with van der Waals surface area (Å²) in [5.41, 5.74) is 4.87. The van der Waals surface area contributed by atoms with Crippen LogP contribution in [0.4, 0.5) is 5.69 Å². The second kappa shape index (κ2) is 8.89. The van der Waals surface area contributed by atoms with Crippen LogP contribution >= 0.6 is 0 Å². The van der Waals surface area contributed by atoms with Crippen molar-refractivity contribution in [3.05, 3.63) is 89.4 Å². The predicted molar refractivity (Wildman–Crippen MR) is 122 cm³/mol. The van der Waals surface area contributed by atoms with Crippen molar-refractivity contribution >= 4 is 17.5 Å². The molecule has 4 aromatic rings. The summed E-state index contributed by atoms with van der Waals surface area (Å²) in [5.74, 6) is -0.769. The van der Waals surface area contributed by atoms with Gasteiger partial charge in [-0.3, -0.25) is 19.4 Å². The van der Waals surface area contributed by atoms with Gasteiger partial charge in [0.1, 0.15) is 11.7 Å². The second-order valence-electron chi connectivity index (χ2n) is 7.51. The summed E-state index contributed by atoms with van der Waals surface area (Å²) in [6.45, 7) is 3.85. The Labute approximate surface area is 185 Å². The third-order valence-corrected chi connectivity index (χ3v) is 5.30. The van der Waals surface area contributed by atoms with E-state index in [4.69, 9.17) is 0 Å². The molecule has 3 N–H and O–H groups in total. The second-order valence-corrected chi connectivity index (χ2v) is 7.51. The fourth-order valence-electron chi connectivity index (χ4n) is 3.60. The van der Waals surface area contributed by atoms with Crippen LogP contribution < -0.4 is 10.6 Å². The van der Waals surface area contributed by atoms with E-state index in [9.17, 15) is 9.59 Å². The Bertz CT molecular complexity index is 1240. The molecule has 2 heterocycles. The molecule has 32 heavy (non-hydrogen) atoms. The van der Waals surface area contributed by atoms with Gasteiger partial charge in [0.05, 0.1) is 11.4 Å². The number of carbonyl (C=O) groups is 2. The standard InChI is InChI=1S/C24H24N6O2/c1-15-21(16(2)30(3)29-15)19-14-20(28-27-19)23(31)26-22(17-10-6-4-7-11-17)24(32)25-18-12-8-5-9-13-18/h4-14,22H,1-3H3,(H,25,32)(H,26,31)(H,27,28). The molecule has 1 unspecified atom stereocenters. The Morgan fingerprint density at radius 1 is 1.00 bits per heavy atom. The number of aromatic amines is 1. The van der Waals surface area contributed by atoms with E-state index < -0.39 is 11.9 Å². The Hall–Kier alpha value is -4.20. The van der Waals surface area contributed by atoms with Crippen LogP contribution in [0, 0.1) is 13.8 Å². The first kappa shape index (κ1) is 21.0. The summed E-state index contributed by atoms with van der Waals surface area (Å²) in [4.78, 5) is 26.1. The van der Waals surface area contributed by atoms with Crippen molar-refractivity contribution in [2.45, 2.75) is 19.9 Å². The number of para-hydroxylation sites is 1. The van der Waals surface area contributed by atoms with Gasteiger partial charge in [-0.1, -0.05) is 48.5 Å². The molecule has 4 rings (SSSR count). The Morgan fingerprint density at radius 2 is 1.66 bits per heavy atom. The number of hydrogen-bond donors (Lipinski definition) is 3. The first-order valence-corrected chi connectivity index (χ1v) is 10.2. The molecule has 0 saturated heterocycles.